The van der Waals surface area contributed by atoms with Gasteiger partial charge in [-0.3, -0.25) is 4.98 Å². The van der Waals surface area contributed by atoms with Crippen molar-refractivity contribution in [3.8, 4) is 5.75 Å². The zero-order chi connectivity index (χ0) is 18.0. The standard InChI is InChI=1S/C18H22N2O4S/c1-12-3-5-17(6-4-12)25(22,23)20-18(13-7-15(21)8-13)14-9-16(24-2)11-19-10-14/h3-6,9-11,13,15,18,20-21H,7-8H2,1-2H3. The first kappa shape index (κ1) is 17.8. The molecule has 1 unspecified atom stereocenters. The molecule has 0 amide bonds. The lowest BCUT2D eigenvalue weighted by atomic mass is 9.76. The molecule has 1 aromatic carbocycles. The van der Waals surface area contributed by atoms with Gasteiger partial charge >= 0.3 is 0 Å². The second kappa shape index (κ2) is 7.11. The molecule has 7 heteroatoms. The molecule has 134 valence electrons. The van der Waals surface area contributed by atoms with Crippen LogP contribution in [0.5, 0.6) is 5.75 Å². The number of aryl methyl sites for hydroxylation is 1. The highest BCUT2D eigenvalue weighted by Crippen LogP contribution is 2.39. The van der Waals surface area contributed by atoms with Crippen molar-refractivity contribution >= 4 is 10.0 Å². The number of aromatic nitrogens is 1. The Labute approximate surface area is 147 Å². The van der Waals surface area contributed by atoms with Crippen LogP contribution in [0.25, 0.3) is 0 Å². The summed E-state index contributed by atoms with van der Waals surface area (Å²) in [5.74, 6) is 0.584. The molecule has 0 bridgehead atoms. The predicted octanol–water partition coefficient (Wildman–Crippen LogP) is 2.19. The van der Waals surface area contributed by atoms with E-state index in [0.29, 0.717) is 18.6 Å². The molecule has 2 aromatic rings. The van der Waals surface area contributed by atoms with E-state index in [0.717, 1.165) is 11.1 Å². The third-order valence-electron chi connectivity index (χ3n) is 4.56. The summed E-state index contributed by atoms with van der Waals surface area (Å²) in [6.07, 6.45) is 3.94. The highest BCUT2D eigenvalue weighted by atomic mass is 32.2. The highest BCUT2D eigenvalue weighted by Gasteiger charge is 2.37. The minimum atomic E-state index is -3.68. The zero-order valence-corrected chi connectivity index (χ0v) is 15.0. The van der Waals surface area contributed by atoms with Gasteiger partial charge in [0.1, 0.15) is 5.75 Å². The van der Waals surface area contributed by atoms with E-state index < -0.39 is 16.1 Å². The van der Waals surface area contributed by atoms with Crippen LogP contribution in [0.2, 0.25) is 0 Å². The van der Waals surface area contributed by atoms with E-state index in [-0.39, 0.29) is 16.9 Å². The van der Waals surface area contributed by atoms with Gasteiger partial charge in [-0.25, -0.2) is 13.1 Å². The van der Waals surface area contributed by atoms with E-state index in [4.69, 9.17) is 4.74 Å². The summed E-state index contributed by atoms with van der Waals surface area (Å²) in [6.45, 7) is 1.91. The van der Waals surface area contributed by atoms with Gasteiger partial charge < -0.3 is 9.84 Å². The molecule has 1 aliphatic carbocycles. The van der Waals surface area contributed by atoms with Crippen LogP contribution in [0, 0.1) is 12.8 Å². The summed E-state index contributed by atoms with van der Waals surface area (Å²) in [5, 5.41) is 9.64. The van der Waals surface area contributed by atoms with Crippen LogP contribution < -0.4 is 9.46 Å². The topological polar surface area (TPSA) is 88.5 Å². The maximum atomic E-state index is 12.8. The van der Waals surface area contributed by atoms with Gasteiger partial charge in [0.2, 0.25) is 10.0 Å². The van der Waals surface area contributed by atoms with Crippen LogP contribution >= 0.6 is 0 Å². The fourth-order valence-electron chi connectivity index (χ4n) is 3.01. The van der Waals surface area contributed by atoms with Crippen molar-refractivity contribution in [2.45, 2.75) is 36.8 Å². The largest absolute Gasteiger partial charge is 0.495 e. The van der Waals surface area contributed by atoms with Crippen LogP contribution in [0.3, 0.4) is 0 Å². The molecule has 1 aliphatic rings. The molecule has 6 nitrogen and oxygen atoms in total. The Kier molecular flexibility index (Phi) is 5.08. The van der Waals surface area contributed by atoms with E-state index in [1.54, 1.807) is 49.8 Å². The highest BCUT2D eigenvalue weighted by molar-refractivity contribution is 7.89. The first-order valence-corrected chi connectivity index (χ1v) is 9.63. The molecular formula is C18H22N2O4S. The van der Waals surface area contributed by atoms with Gasteiger partial charge in [-0.1, -0.05) is 17.7 Å². The molecule has 25 heavy (non-hydrogen) atoms. The number of aliphatic hydroxyl groups is 1. The van der Waals surface area contributed by atoms with Crippen molar-refractivity contribution in [3.05, 3.63) is 53.9 Å². The molecule has 1 saturated carbocycles. The molecule has 0 aliphatic heterocycles. The number of benzene rings is 1. The maximum Gasteiger partial charge on any atom is 0.241 e. The monoisotopic (exact) mass is 362 g/mol. The SMILES string of the molecule is COc1cncc(C(NS(=O)(=O)c2ccc(C)cc2)C2CC(O)C2)c1. The lowest BCUT2D eigenvalue weighted by molar-refractivity contribution is 0.0279. The van der Waals surface area contributed by atoms with Crippen molar-refractivity contribution < 1.29 is 18.3 Å². The minimum Gasteiger partial charge on any atom is -0.495 e. The number of hydrogen-bond acceptors (Lipinski definition) is 5. The van der Waals surface area contributed by atoms with E-state index in [1.807, 2.05) is 6.92 Å². The number of nitrogens with one attached hydrogen (secondary N) is 1. The maximum absolute atomic E-state index is 12.8. The number of sulfonamides is 1. The van der Waals surface area contributed by atoms with Gasteiger partial charge in [-0.05, 0) is 49.4 Å². The quantitative estimate of drug-likeness (QED) is 0.822. The summed E-state index contributed by atoms with van der Waals surface area (Å²) in [5.41, 5.74) is 1.72. The normalized spacial score (nSPS) is 21.4. The Morgan fingerprint density at radius 3 is 2.52 bits per heavy atom. The summed E-state index contributed by atoms with van der Waals surface area (Å²) < 4.78 is 33.5. The van der Waals surface area contributed by atoms with E-state index >= 15 is 0 Å². The second-order valence-corrected chi connectivity index (χ2v) is 8.17. The van der Waals surface area contributed by atoms with Gasteiger partial charge in [0.05, 0.1) is 30.3 Å². The lowest BCUT2D eigenvalue weighted by Crippen LogP contribution is -2.41. The Bertz CT molecular complexity index is 830. The Balaban J connectivity index is 1.90. The van der Waals surface area contributed by atoms with Crippen LogP contribution in [-0.4, -0.2) is 31.7 Å². The molecule has 1 heterocycles. The second-order valence-electron chi connectivity index (χ2n) is 6.46. The van der Waals surface area contributed by atoms with Gasteiger partial charge in [0.15, 0.2) is 0 Å². The fraction of sp³-hybridized carbons (Fsp3) is 0.389. The Morgan fingerprint density at radius 2 is 1.92 bits per heavy atom. The molecule has 1 aromatic heterocycles. The molecule has 1 atom stereocenters. The van der Waals surface area contributed by atoms with Crippen LogP contribution in [0.15, 0.2) is 47.6 Å². The first-order chi connectivity index (χ1) is 11.9. The molecular weight excluding hydrogens is 340 g/mol. The third-order valence-corrected chi connectivity index (χ3v) is 6.02. The van der Waals surface area contributed by atoms with Crippen molar-refractivity contribution in [3.63, 3.8) is 0 Å². The summed E-state index contributed by atoms with van der Waals surface area (Å²) >= 11 is 0. The average Bonchev–Trinajstić information content (AvgIpc) is 2.57. The number of aliphatic hydroxyl groups excluding tert-OH is 1. The first-order valence-electron chi connectivity index (χ1n) is 8.15. The van der Waals surface area contributed by atoms with Crippen LogP contribution in [-0.2, 0) is 10.0 Å². The number of methoxy groups -OCH3 is 1. The predicted molar refractivity (Wildman–Crippen MR) is 93.8 cm³/mol. The summed E-state index contributed by atoms with van der Waals surface area (Å²) in [4.78, 5) is 4.35. The Morgan fingerprint density at radius 1 is 1.24 bits per heavy atom. The average molecular weight is 362 g/mol. The summed E-state index contributed by atoms with van der Waals surface area (Å²) in [6, 6.07) is 8.04. The lowest BCUT2D eigenvalue weighted by Gasteiger charge is -2.38. The van der Waals surface area contributed by atoms with Gasteiger partial charge in [-0.15, -0.1) is 0 Å². The van der Waals surface area contributed by atoms with Gasteiger partial charge in [0, 0.05) is 6.20 Å². The molecule has 0 radical (unpaired) electrons. The molecule has 0 spiro atoms. The number of nitrogens with zero attached hydrogens (tertiary/aromatic N) is 1. The number of ether oxygens (including phenoxy) is 1. The van der Waals surface area contributed by atoms with Crippen molar-refractivity contribution in [2.24, 2.45) is 5.92 Å². The fourth-order valence-corrected chi connectivity index (χ4v) is 4.30. The molecule has 0 saturated heterocycles. The van der Waals surface area contributed by atoms with Crippen molar-refractivity contribution in [1.82, 2.24) is 9.71 Å². The zero-order valence-electron chi connectivity index (χ0n) is 14.2. The summed E-state index contributed by atoms with van der Waals surface area (Å²) in [7, 11) is -2.14. The molecule has 1 fully saturated rings. The van der Waals surface area contributed by atoms with E-state index in [9.17, 15) is 13.5 Å². The Hall–Kier alpha value is -1.96. The van der Waals surface area contributed by atoms with Gasteiger partial charge in [0.25, 0.3) is 0 Å². The van der Waals surface area contributed by atoms with Crippen molar-refractivity contribution in [1.29, 1.82) is 0 Å². The molecule has 2 N–H and O–H groups in total. The third kappa shape index (κ3) is 4.00. The number of pyridine rings is 1. The van der Waals surface area contributed by atoms with E-state index in [1.165, 1.54) is 0 Å². The smallest absolute Gasteiger partial charge is 0.241 e. The van der Waals surface area contributed by atoms with Gasteiger partial charge in [-0.2, -0.15) is 0 Å². The molecule has 3 rings (SSSR count). The van der Waals surface area contributed by atoms with Crippen LogP contribution in [0.4, 0.5) is 0 Å². The minimum absolute atomic E-state index is 0.0177. The number of rotatable bonds is 6. The van der Waals surface area contributed by atoms with E-state index in [2.05, 4.69) is 9.71 Å². The van der Waals surface area contributed by atoms with Crippen LogP contribution in [0.1, 0.15) is 30.0 Å². The van der Waals surface area contributed by atoms with Crippen molar-refractivity contribution in [2.75, 3.05) is 7.11 Å². The number of hydrogen-bond donors (Lipinski definition) is 2.